The first-order valence-electron chi connectivity index (χ1n) is 6.69. The molecule has 0 bridgehead atoms. The number of benzene rings is 1. The van der Waals surface area contributed by atoms with Crippen molar-refractivity contribution in [2.45, 2.75) is 13.2 Å². The third-order valence-electron chi connectivity index (χ3n) is 3.11. The van der Waals surface area contributed by atoms with Crippen LogP contribution in [0.3, 0.4) is 0 Å². The predicted octanol–water partition coefficient (Wildman–Crippen LogP) is 2.84. The molecule has 0 amide bonds. The van der Waals surface area contributed by atoms with E-state index in [1.807, 2.05) is 27.2 Å². The van der Waals surface area contributed by atoms with Gasteiger partial charge in [-0.2, -0.15) is 0 Å². The van der Waals surface area contributed by atoms with Crippen LogP contribution in [-0.4, -0.2) is 39.2 Å². The second-order valence-electron chi connectivity index (χ2n) is 5.00. The normalized spacial score (nSPS) is 11.7. The molecule has 0 atom stereocenters. The zero-order valence-electron chi connectivity index (χ0n) is 12.2. The molecule has 0 unspecified atom stereocenters. The Morgan fingerprint density at radius 1 is 1.35 bits per heavy atom. The Morgan fingerprint density at radius 3 is 2.85 bits per heavy atom. The highest BCUT2D eigenvalue weighted by atomic mass is 32.1. The molecule has 1 aromatic heterocycles. The molecule has 2 aromatic rings. The van der Waals surface area contributed by atoms with Gasteiger partial charge in [0.15, 0.2) is 0 Å². The van der Waals surface area contributed by atoms with Gasteiger partial charge in [0, 0.05) is 33.6 Å². The largest absolute Gasteiger partial charge is 0.375 e. The number of halogens is 1. The second kappa shape index (κ2) is 7.13. The van der Waals surface area contributed by atoms with Crippen LogP contribution in [0, 0.1) is 5.82 Å². The fourth-order valence-corrected chi connectivity index (χ4v) is 3.33. The Hall–Kier alpha value is -1.01. The van der Waals surface area contributed by atoms with Gasteiger partial charge in [0.25, 0.3) is 0 Å². The second-order valence-corrected chi connectivity index (χ2v) is 6.14. The zero-order chi connectivity index (χ0) is 14.5. The van der Waals surface area contributed by atoms with E-state index in [1.54, 1.807) is 17.4 Å². The quantitative estimate of drug-likeness (QED) is 0.795. The molecule has 1 heterocycles. The molecule has 3 nitrogen and oxygen atoms in total. The van der Waals surface area contributed by atoms with Crippen molar-refractivity contribution in [3.05, 3.63) is 34.5 Å². The summed E-state index contributed by atoms with van der Waals surface area (Å²) in [5.41, 5.74) is 0.983. The van der Waals surface area contributed by atoms with Gasteiger partial charge in [-0.1, -0.05) is 6.07 Å². The molecule has 20 heavy (non-hydrogen) atoms. The number of hydrogen-bond acceptors (Lipinski definition) is 4. The van der Waals surface area contributed by atoms with Gasteiger partial charge in [0.2, 0.25) is 0 Å². The third kappa shape index (κ3) is 3.55. The predicted molar refractivity (Wildman–Crippen MR) is 82.8 cm³/mol. The molecule has 5 heteroatoms. The highest BCUT2D eigenvalue weighted by molar-refractivity contribution is 7.19. The minimum atomic E-state index is -0.160. The van der Waals surface area contributed by atoms with Crippen LogP contribution >= 0.6 is 11.3 Å². The van der Waals surface area contributed by atoms with Gasteiger partial charge in [-0.15, -0.1) is 11.3 Å². The topological polar surface area (TPSA) is 24.5 Å². The lowest BCUT2D eigenvalue weighted by Gasteiger charge is -2.10. The molecule has 0 saturated carbocycles. The number of likely N-dealkylation sites (N-methyl/N-ethyl adjacent to an activating group) is 1. The maximum Gasteiger partial charge on any atom is 0.132 e. The number of nitrogens with one attached hydrogen (secondary N) is 1. The first-order valence-corrected chi connectivity index (χ1v) is 7.51. The van der Waals surface area contributed by atoms with Crippen LogP contribution in [0.4, 0.5) is 4.39 Å². The van der Waals surface area contributed by atoms with Crippen LogP contribution in [0.2, 0.25) is 0 Å². The lowest BCUT2D eigenvalue weighted by Crippen LogP contribution is -2.18. The summed E-state index contributed by atoms with van der Waals surface area (Å²) in [6.45, 7) is 2.72. The van der Waals surface area contributed by atoms with Crippen LogP contribution in [0.25, 0.3) is 10.1 Å². The van der Waals surface area contributed by atoms with E-state index in [1.165, 1.54) is 6.07 Å². The van der Waals surface area contributed by atoms with Gasteiger partial charge < -0.3 is 15.0 Å². The van der Waals surface area contributed by atoms with E-state index < -0.39 is 0 Å². The molecule has 0 fully saturated rings. The lowest BCUT2D eigenvalue weighted by atomic mass is 10.1. The maximum absolute atomic E-state index is 14.1. The number of ether oxygens (including phenoxy) is 1. The van der Waals surface area contributed by atoms with E-state index in [0.29, 0.717) is 18.6 Å². The lowest BCUT2D eigenvalue weighted by molar-refractivity contribution is 0.106. The number of hydrogen-bond donors (Lipinski definition) is 1. The Kier molecular flexibility index (Phi) is 5.48. The van der Waals surface area contributed by atoms with E-state index in [4.69, 9.17) is 4.74 Å². The summed E-state index contributed by atoms with van der Waals surface area (Å²) in [5, 5.41) is 3.85. The standard InChI is InChI=1S/C15H21FN2OS/c1-17-9-14-11(10-19-8-7-18(2)3)15-12(16)5-4-6-13(15)20-14/h4-6,17H,7-10H2,1-3H3. The molecule has 0 aliphatic heterocycles. The third-order valence-corrected chi connectivity index (χ3v) is 4.31. The zero-order valence-corrected chi connectivity index (χ0v) is 13.0. The Morgan fingerprint density at radius 2 is 2.15 bits per heavy atom. The SMILES string of the molecule is CNCc1sc2cccc(F)c2c1COCCN(C)C. The average molecular weight is 296 g/mol. The van der Waals surface area contributed by atoms with Crippen LogP contribution < -0.4 is 5.32 Å². The van der Waals surface area contributed by atoms with E-state index in [9.17, 15) is 4.39 Å². The average Bonchev–Trinajstić information content (AvgIpc) is 2.74. The minimum Gasteiger partial charge on any atom is -0.375 e. The number of rotatable bonds is 7. The van der Waals surface area contributed by atoms with E-state index in [0.717, 1.165) is 28.2 Å². The van der Waals surface area contributed by atoms with Gasteiger partial charge in [0.05, 0.1) is 13.2 Å². The highest BCUT2D eigenvalue weighted by Crippen LogP contribution is 2.33. The number of nitrogens with zero attached hydrogens (tertiary/aromatic N) is 1. The Bertz CT molecular complexity index is 568. The van der Waals surface area contributed by atoms with Crippen molar-refractivity contribution in [1.29, 1.82) is 0 Å². The van der Waals surface area contributed by atoms with Crippen LogP contribution in [0.1, 0.15) is 10.4 Å². The van der Waals surface area contributed by atoms with Crippen LogP contribution in [-0.2, 0) is 17.9 Å². The Labute approximate surface area is 123 Å². The van der Waals surface area contributed by atoms with E-state index >= 15 is 0 Å². The van der Waals surface area contributed by atoms with E-state index in [2.05, 4.69) is 10.2 Å². The van der Waals surface area contributed by atoms with Crippen molar-refractivity contribution >= 4 is 21.4 Å². The minimum absolute atomic E-state index is 0.160. The van der Waals surface area contributed by atoms with E-state index in [-0.39, 0.29) is 5.82 Å². The molecule has 1 aromatic carbocycles. The fraction of sp³-hybridized carbons (Fsp3) is 0.467. The monoisotopic (exact) mass is 296 g/mol. The molecule has 0 aliphatic carbocycles. The summed E-state index contributed by atoms with van der Waals surface area (Å²) in [6.07, 6.45) is 0. The molecule has 0 saturated heterocycles. The summed E-state index contributed by atoms with van der Waals surface area (Å²) in [5.74, 6) is -0.160. The van der Waals surface area contributed by atoms with Gasteiger partial charge in [-0.05, 0) is 33.3 Å². The molecule has 0 radical (unpaired) electrons. The molecular weight excluding hydrogens is 275 g/mol. The van der Waals surface area contributed by atoms with Crippen molar-refractivity contribution < 1.29 is 9.13 Å². The van der Waals surface area contributed by atoms with Crippen LogP contribution in [0.5, 0.6) is 0 Å². The molecule has 2 rings (SSSR count). The van der Waals surface area contributed by atoms with Crippen LogP contribution in [0.15, 0.2) is 18.2 Å². The summed E-state index contributed by atoms with van der Waals surface area (Å²) >= 11 is 1.63. The first-order chi connectivity index (χ1) is 9.63. The number of thiophene rings is 1. The van der Waals surface area contributed by atoms with Gasteiger partial charge in [-0.3, -0.25) is 0 Å². The summed E-state index contributed by atoms with van der Waals surface area (Å²) in [6, 6.07) is 5.24. The van der Waals surface area contributed by atoms with Crippen molar-refractivity contribution in [1.82, 2.24) is 10.2 Å². The first kappa shape index (κ1) is 15.4. The Balaban J connectivity index is 2.21. The van der Waals surface area contributed by atoms with Gasteiger partial charge in [0.1, 0.15) is 5.82 Å². The fourth-order valence-electron chi connectivity index (χ4n) is 2.09. The smallest absolute Gasteiger partial charge is 0.132 e. The van der Waals surface area contributed by atoms with Gasteiger partial charge in [-0.25, -0.2) is 4.39 Å². The molecule has 110 valence electrons. The molecule has 1 N–H and O–H groups in total. The summed E-state index contributed by atoms with van der Waals surface area (Å²) in [4.78, 5) is 3.22. The van der Waals surface area contributed by atoms with Crippen molar-refractivity contribution in [3.8, 4) is 0 Å². The molecular formula is C15H21FN2OS. The van der Waals surface area contributed by atoms with Crippen molar-refractivity contribution in [3.63, 3.8) is 0 Å². The summed E-state index contributed by atoms with van der Waals surface area (Å²) < 4.78 is 20.8. The molecule has 0 spiro atoms. The van der Waals surface area contributed by atoms with Gasteiger partial charge >= 0.3 is 0 Å². The highest BCUT2D eigenvalue weighted by Gasteiger charge is 2.15. The molecule has 0 aliphatic rings. The maximum atomic E-state index is 14.1. The number of fused-ring (bicyclic) bond motifs is 1. The van der Waals surface area contributed by atoms with Crippen molar-refractivity contribution in [2.75, 3.05) is 34.3 Å². The summed E-state index contributed by atoms with van der Waals surface area (Å²) in [7, 11) is 5.92. The van der Waals surface area contributed by atoms with Crippen molar-refractivity contribution in [2.24, 2.45) is 0 Å².